The van der Waals surface area contributed by atoms with E-state index < -0.39 is 0 Å². The van der Waals surface area contributed by atoms with Crippen molar-refractivity contribution in [3.05, 3.63) is 35.5 Å². The third kappa shape index (κ3) is 3.95. The zero-order valence-corrected chi connectivity index (χ0v) is 14.8. The number of nitrogens with zero attached hydrogens (tertiary/aromatic N) is 3. The molecule has 2 N–H and O–H groups in total. The summed E-state index contributed by atoms with van der Waals surface area (Å²) >= 11 is 6.29. The molecule has 0 spiro atoms. The smallest absolute Gasteiger partial charge is 0.320 e. The predicted molar refractivity (Wildman–Crippen MR) is 97.4 cm³/mol. The lowest BCUT2D eigenvalue weighted by atomic mass is 9.96. The minimum atomic E-state index is -0.211. The van der Waals surface area contributed by atoms with Crippen molar-refractivity contribution < 1.29 is 4.79 Å². The van der Waals surface area contributed by atoms with Gasteiger partial charge in [-0.3, -0.25) is 5.32 Å². The summed E-state index contributed by atoms with van der Waals surface area (Å²) in [7, 11) is 0. The molecule has 0 bridgehead atoms. The molecule has 2 fully saturated rings. The summed E-state index contributed by atoms with van der Waals surface area (Å²) in [6.45, 7) is 0. The average molecular weight is 360 g/mol. The number of anilines is 1. The van der Waals surface area contributed by atoms with Crippen LogP contribution in [0.3, 0.4) is 0 Å². The van der Waals surface area contributed by atoms with Crippen molar-refractivity contribution in [3.63, 3.8) is 0 Å². The number of hydrogen-bond donors (Lipinski definition) is 2. The third-order valence-corrected chi connectivity index (χ3v) is 5.18. The molecule has 2 aromatic heterocycles. The van der Waals surface area contributed by atoms with Gasteiger partial charge in [0, 0.05) is 24.2 Å². The lowest BCUT2D eigenvalue weighted by Crippen LogP contribution is -2.39. The Bertz CT molecular complexity index is 765. The molecule has 132 valence electrons. The quantitative estimate of drug-likeness (QED) is 0.857. The van der Waals surface area contributed by atoms with Crippen LogP contribution in [-0.2, 0) is 0 Å². The van der Waals surface area contributed by atoms with Gasteiger partial charge in [-0.1, -0.05) is 30.9 Å². The molecule has 0 radical (unpaired) electrons. The first-order valence-electron chi connectivity index (χ1n) is 8.96. The minimum Gasteiger partial charge on any atom is -0.335 e. The molecular weight excluding hydrogens is 338 g/mol. The van der Waals surface area contributed by atoms with Crippen molar-refractivity contribution in [2.75, 3.05) is 5.32 Å². The number of halogens is 1. The summed E-state index contributed by atoms with van der Waals surface area (Å²) in [5.74, 6) is 1.06. The van der Waals surface area contributed by atoms with E-state index in [9.17, 15) is 4.79 Å². The van der Waals surface area contributed by atoms with Gasteiger partial charge in [0.15, 0.2) is 0 Å². The first-order valence-corrected chi connectivity index (χ1v) is 9.34. The van der Waals surface area contributed by atoms with E-state index in [1.807, 2.05) is 10.8 Å². The van der Waals surface area contributed by atoms with E-state index in [1.165, 1.54) is 32.1 Å². The van der Waals surface area contributed by atoms with Crippen molar-refractivity contribution in [1.82, 2.24) is 19.9 Å². The maximum atomic E-state index is 12.2. The minimum absolute atomic E-state index is 0.211. The van der Waals surface area contributed by atoms with Crippen LogP contribution in [0.25, 0.3) is 5.69 Å². The predicted octanol–water partition coefficient (Wildman–Crippen LogP) is 4.25. The number of hydrogen-bond acceptors (Lipinski definition) is 3. The van der Waals surface area contributed by atoms with E-state index in [4.69, 9.17) is 11.6 Å². The molecule has 0 atom stereocenters. The van der Waals surface area contributed by atoms with Crippen LogP contribution in [0.2, 0.25) is 5.02 Å². The largest absolute Gasteiger partial charge is 0.335 e. The molecule has 2 aromatic rings. The van der Waals surface area contributed by atoms with Crippen molar-refractivity contribution in [1.29, 1.82) is 0 Å². The molecule has 0 aliphatic heterocycles. The van der Waals surface area contributed by atoms with E-state index in [-0.39, 0.29) is 12.1 Å². The van der Waals surface area contributed by atoms with Gasteiger partial charge in [-0.2, -0.15) is 0 Å². The zero-order valence-electron chi connectivity index (χ0n) is 14.0. The summed E-state index contributed by atoms with van der Waals surface area (Å²) in [6, 6.07) is 1.83. The van der Waals surface area contributed by atoms with Crippen LogP contribution in [0, 0.1) is 0 Å². The molecular formula is C18H22ClN5O. The van der Waals surface area contributed by atoms with Crippen LogP contribution in [0.1, 0.15) is 56.6 Å². The lowest BCUT2D eigenvalue weighted by molar-refractivity contribution is 0.244. The van der Waals surface area contributed by atoms with E-state index in [0.717, 1.165) is 24.2 Å². The summed E-state index contributed by atoms with van der Waals surface area (Å²) < 4.78 is 1.89. The van der Waals surface area contributed by atoms with E-state index in [0.29, 0.717) is 16.8 Å². The molecule has 2 heterocycles. The number of aromatic nitrogens is 3. The fourth-order valence-corrected chi connectivity index (χ4v) is 3.54. The van der Waals surface area contributed by atoms with Crippen molar-refractivity contribution in [2.24, 2.45) is 0 Å². The Labute approximate surface area is 152 Å². The summed E-state index contributed by atoms with van der Waals surface area (Å²) in [5.41, 5.74) is 1.86. The summed E-state index contributed by atoms with van der Waals surface area (Å²) in [6.07, 6.45) is 13.4. The Morgan fingerprint density at radius 2 is 1.96 bits per heavy atom. The summed E-state index contributed by atoms with van der Waals surface area (Å²) in [4.78, 5) is 20.9. The molecule has 7 heteroatoms. The SMILES string of the molecule is O=C(Nc1cc(-n2cnc(C3CC3)c2)c(Cl)cn1)NC1CCCCC1. The molecule has 2 aliphatic carbocycles. The summed E-state index contributed by atoms with van der Waals surface area (Å²) in [5, 5.41) is 6.37. The van der Waals surface area contributed by atoms with Crippen molar-refractivity contribution in [3.8, 4) is 5.69 Å². The number of carbonyl (C=O) groups is 1. The van der Waals surface area contributed by atoms with Crippen LogP contribution in [0.5, 0.6) is 0 Å². The third-order valence-electron chi connectivity index (χ3n) is 4.89. The van der Waals surface area contributed by atoms with Gasteiger partial charge >= 0.3 is 6.03 Å². The Morgan fingerprint density at radius 1 is 1.16 bits per heavy atom. The first-order chi connectivity index (χ1) is 12.2. The number of urea groups is 1. The Kier molecular flexibility index (Phi) is 4.61. The van der Waals surface area contributed by atoms with Crippen molar-refractivity contribution >= 4 is 23.4 Å². The highest BCUT2D eigenvalue weighted by Gasteiger charge is 2.26. The van der Waals surface area contributed by atoms with Gasteiger partial charge in [0.05, 0.1) is 28.9 Å². The standard InChI is InChI=1S/C18H22ClN5O/c19-14-9-20-17(23-18(25)22-13-4-2-1-3-5-13)8-16(14)24-10-15(21-11-24)12-6-7-12/h8-13H,1-7H2,(H2,20,22,23,25). The number of nitrogens with one attached hydrogen (secondary N) is 2. The Morgan fingerprint density at radius 3 is 2.72 bits per heavy atom. The van der Waals surface area contributed by atoms with E-state index in [1.54, 1.807) is 18.6 Å². The topological polar surface area (TPSA) is 71.8 Å². The molecule has 6 nitrogen and oxygen atoms in total. The Hall–Kier alpha value is -2.08. The first kappa shape index (κ1) is 16.4. The second kappa shape index (κ2) is 7.04. The lowest BCUT2D eigenvalue weighted by Gasteiger charge is -2.22. The number of amides is 2. The van der Waals surface area contributed by atoms with Gasteiger partial charge in [0.1, 0.15) is 5.82 Å². The van der Waals surface area contributed by atoms with Gasteiger partial charge in [-0.25, -0.2) is 14.8 Å². The van der Waals surface area contributed by atoms with Gasteiger partial charge < -0.3 is 9.88 Å². The highest BCUT2D eigenvalue weighted by molar-refractivity contribution is 6.32. The molecule has 2 aliphatic rings. The molecule has 25 heavy (non-hydrogen) atoms. The highest BCUT2D eigenvalue weighted by atomic mass is 35.5. The number of imidazole rings is 1. The molecule has 2 saturated carbocycles. The fourth-order valence-electron chi connectivity index (χ4n) is 3.34. The fraction of sp³-hybridized carbons (Fsp3) is 0.500. The molecule has 0 aromatic carbocycles. The number of pyridine rings is 1. The average Bonchev–Trinajstić information content (AvgIpc) is 3.35. The van der Waals surface area contributed by atoms with Gasteiger partial charge in [0.2, 0.25) is 0 Å². The van der Waals surface area contributed by atoms with Gasteiger partial charge in [-0.05, 0) is 25.7 Å². The maximum Gasteiger partial charge on any atom is 0.320 e. The van der Waals surface area contributed by atoms with Crippen LogP contribution >= 0.6 is 11.6 Å². The number of carbonyl (C=O) groups excluding carboxylic acids is 1. The monoisotopic (exact) mass is 359 g/mol. The Balaban J connectivity index is 1.45. The van der Waals surface area contributed by atoms with Crippen LogP contribution in [-0.4, -0.2) is 26.6 Å². The second-order valence-corrected chi connectivity index (χ2v) is 7.34. The van der Waals surface area contributed by atoms with Gasteiger partial charge in [0.25, 0.3) is 0 Å². The van der Waals surface area contributed by atoms with E-state index >= 15 is 0 Å². The molecule has 0 saturated heterocycles. The van der Waals surface area contributed by atoms with Gasteiger partial charge in [-0.15, -0.1) is 0 Å². The van der Waals surface area contributed by atoms with Crippen molar-refractivity contribution in [2.45, 2.75) is 56.9 Å². The second-order valence-electron chi connectivity index (χ2n) is 6.93. The van der Waals surface area contributed by atoms with Crippen LogP contribution < -0.4 is 10.6 Å². The number of rotatable bonds is 4. The highest BCUT2D eigenvalue weighted by Crippen LogP contribution is 2.39. The zero-order chi connectivity index (χ0) is 17.2. The van der Waals surface area contributed by atoms with Crippen LogP contribution in [0.4, 0.5) is 10.6 Å². The maximum absolute atomic E-state index is 12.2. The van der Waals surface area contributed by atoms with Crippen LogP contribution in [0.15, 0.2) is 24.8 Å². The molecule has 4 rings (SSSR count). The molecule has 2 amide bonds. The molecule has 0 unspecified atom stereocenters. The van der Waals surface area contributed by atoms with E-state index in [2.05, 4.69) is 20.6 Å². The normalized spacial score (nSPS) is 18.1.